The van der Waals surface area contributed by atoms with Crippen molar-refractivity contribution in [1.29, 1.82) is 0 Å². The summed E-state index contributed by atoms with van der Waals surface area (Å²) in [6, 6.07) is 10.1. The molecule has 27 heavy (non-hydrogen) atoms. The standard InChI is InChI=1S/C21H27FN4O/c1-15(2)9-12-23-21(27)17-10-13-26(14-11-17)20-8-7-19(24-25-20)16-3-5-18(22)6-4-16/h3-8,15,17H,9-14H2,1-2H3,(H,23,27). The highest BCUT2D eigenvalue weighted by Gasteiger charge is 2.25. The van der Waals surface area contributed by atoms with Crippen molar-refractivity contribution in [3.05, 3.63) is 42.2 Å². The summed E-state index contributed by atoms with van der Waals surface area (Å²) >= 11 is 0. The number of nitrogens with zero attached hydrogens (tertiary/aromatic N) is 3. The van der Waals surface area contributed by atoms with E-state index in [4.69, 9.17) is 0 Å². The minimum absolute atomic E-state index is 0.0832. The third-order valence-corrected chi connectivity index (χ3v) is 5.00. The highest BCUT2D eigenvalue weighted by molar-refractivity contribution is 5.78. The van der Waals surface area contributed by atoms with Crippen LogP contribution < -0.4 is 10.2 Å². The van der Waals surface area contributed by atoms with Crippen molar-refractivity contribution in [1.82, 2.24) is 15.5 Å². The van der Waals surface area contributed by atoms with Crippen molar-refractivity contribution in [2.24, 2.45) is 11.8 Å². The van der Waals surface area contributed by atoms with Gasteiger partial charge in [0.05, 0.1) is 5.69 Å². The average Bonchev–Trinajstić information content (AvgIpc) is 2.68. The Morgan fingerprint density at radius 2 is 1.85 bits per heavy atom. The minimum Gasteiger partial charge on any atom is -0.356 e. The molecule has 0 unspecified atom stereocenters. The topological polar surface area (TPSA) is 58.1 Å². The van der Waals surface area contributed by atoms with Crippen LogP contribution in [0.4, 0.5) is 10.2 Å². The summed E-state index contributed by atoms with van der Waals surface area (Å²) in [5, 5.41) is 11.6. The molecular weight excluding hydrogens is 343 g/mol. The first kappa shape index (κ1) is 19.3. The Labute approximate surface area is 160 Å². The van der Waals surface area contributed by atoms with E-state index in [2.05, 4.69) is 34.3 Å². The lowest BCUT2D eigenvalue weighted by Crippen LogP contribution is -2.41. The summed E-state index contributed by atoms with van der Waals surface area (Å²) in [5.41, 5.74) is 1.56. The van der Waals surface area contributed by atoms with Gasteiger partial charge in [-0.2, -0.15) is 0 Å². The zero-order valence-corrected chi connectivity index (χ0v) is 16.0. The molecule has 1 aliphatic rings. The lowest BCUT2D eigenvalue weighted by atomic mass is 9.95. The quantitative estimate of drug-likeness (QED) is 0.843. The molecule has 1 aliphatic heterocycles. The Kier molecular flexibility index (Phi) is 6.37. The summed E-state index contributed by atoms with van der Waals surface area (Å²) < 4.78 is 13.0. The summed E-state index contributed by atoms with van der Waals surface area (Å²) in [6.07, 6.45) is 2.67. The number of halogens is 1. The summed E-state index contributed by atoms with van der Waals surface area (Å²) in [4.78, 5) is 14.4. The van der Waals surface area contributed by atoms with E-state index in [1.807, 2.05) is 12.1 Å². The molecule has 0 radical (unpaired) electrons. The largest absolute Gasteiger partial charge is 0.356 e. The number of carbonyl (C=O) groups excluding carboxylic acids is 1. The Morgan fingerprint density at radius 3 is 2.44 bits per heavy atom. The molecule has 0 saturated carbocycles. The molecule has 1 saturated heterocycles. The molecule has 144 valence electrons. The fourth-order valence-corrected chi connectivity index (χ4v) is 3.27. The van der Waals surface area contributed by atoms with Gasteiger partial charge in [-0.15, -0.1) is 10.2 Å². The van der Waals surface area contributed by atoms with E-state index in [1.54, 1.807) is 12.1 Å². The van der Waals surface area contributed by atoms with Crippen molar-refractivity contribution < 1.29 is 9.18 Å². The van der Waals surface area contributed by atoms with Crippen LogP contribution >= 0.6 is 0 Å². The highest BCUT2D eigenvalue weighted by atomic mass is 19.1. The maximum absolute atomic E-state index is 13.0. The number of piperidine rings is 1. The Balaban J connectivity index is 1.52. The van der Waals surface area contributed by atoms with Gasteiger partial charge in [-0.05, 0) is 61.6 Å². The van der Waals surface area contributed by atoms with Gasteiger partial charge in [0.1, 0.15) is 5.82 Å². The Bertz CT molecular complexity index is 738. The third-order valence-electron chi connectivity index (χ3n) is 5.00. The second-order valence-corrected chi connectivity index (χ2v) is 7.52. The third kappa shape index (κ3) is 5.25. The highest BCUT2D eigenvalue weighted by Crippen LogP contribution is 2.23. The molecule has 1 amide bonds. The minimum atomic E-state index is -0.264. The fraction of sp³-hybridized carbons (Fsp3) is 0.476. The normalized spacial score (nSPS) is 15.2. The monoisotopic (exact) mass is 370 g/mol. The van der Waals surface area contributed by atoms with Crippen molar-refractivity contribution in [2.75, 3.05) is 24.5 Å². The number of benzene rings is 1. The first-order valence-corrected chi connectivity index (χ1v) is 9.65. The fourth-order valence-electron chi connectivity index (χ4n) is 3.27. The van der Waals surface area contributed by atoms with Crippen LogP contribution in [-0.2, 0) is 4.79 Å². The van der Waals surface area contributed by atoms with E-state index in [-0.39, 0.29) is 17.6 Å². The van der Waals surface area contributed by atoms with E-state index < -0.39 is 0 Å². The molecule has 1 aromatic carbocycles. The van der Waals surface area contributed by atoms with Gasteiger partial charge >= 0.3 is 0 Å². The van der Waals surface area contributed by atoms with E-state index in [0.29, 0.717) is 5.92 Å². The van der Waals surface area contributed by atoms with Gasteiger partial charge in [0, 0.05) is 31.1 Å². The van der Waals surface area contributed by atoms with Gasteiger partial charge in [0.2, 0.25) is 5.91 Å². The Hall–Kier alpha value is -2.50. The molecule has 0 bridgehead atoms. The SMILES string of the molecule is CC(C)CCNC(=O)C1CCN(c2ccc(-c3ccc(F)cc3)nn2)CC1. The van der Waals surface area contributed by atoms with Crippen molar-refractivity contribution in [3.8, 4) is 11.3 Å². The van der Waals surface area contributed by atoms with Crippen LogP contribution in [0.25, 0.3) is 11.3 Å². The van der Waals surface area contributed by atoms with Crippen LogP contribution in [0.5, 0.6) is 0 Å². The van der Waals surface area contributed by atoms with Crippen molar-refractivity contribution in [3.63, 3.8) is 0 Å². The van der Waals surface area contributed by atoms with E-state index in [9.17, 15) is 9.18 Å². The maximum atomic E-state index is 13.0. The van der Waals surface area contributed by atoms with Gasteiger partial charge in [-0.1, -0.05) is 13.8 Å². The number of rotatable bonds is 6. The predicted octanol–water partition coefficient (Wildman–Crippen LogP) is 3.66. The van der Waals surface area contributed by atoms with Crippen LogP contribution in [0.1, 0.15) is 33.1 Å². The summed E-state index contributed by atoms with van der Waals surface area (Å²) in [6.45, 7) is 6.67. The number of hydrogen-bond donors (Lipinski definition) is 1. The van der Waals surface area contributed by atoms with Gasteiger partial charge in [0.25, 0.3) is 0 Å². The number of amides is 1. The zero-order chi connectivity index (χ0) is 19.2. The summed E-state index contributed by atoms with van der Waals surface area (Å²) in [5.74, 6) is 1.41. The van der Waals surface area contributed by atoms with Crippen LogP contribution in [-0.4, -0.2) is 35.7 Å². The van der Waals surface area contributed by atoms with Crippen molar-refractivity contribution in [2.45, 2.75) is 33.1 Å². The van der Waals surface area contributed by atoms with Gasteiger partial charge in [-0.3, -0.25) is 4.79 Å². The molecule has 0 atom stereocenters. The smallest absolute Gasteiger partial charge is 0.223 e. The number of aromatic nitrogens is 2. The van der Waals surface area contributed by atoms with Crippen molar-refractivity contribution >= 4 is 11.7 Å². The van der Waals surface area contributed by atoms with E-state index in [1.165, 1.54) is 12.1 Å². The number of nitrogens with one attached hydrogen (secondary N) is 1. The van der Waals surface area contributed by atoms with Crippen LogP contribution in [0.2, 0.25) is 0 Å². The van der Waals surface area contributed by atoms with Gasteiger partial charge in [-0.25, -0.2) is 4.39 Å². The van der Waals surface area contributed by atoms with E-state index in [0.717, 1.165) is 56.0 Å². The first-order valence-electron chi connectivity index (χ1n) is 9.65. The predicted molar refractivity (Wildman–Crippen MR) is 105 cm³/mol. The van der Waals surface area contributed by atoms with Crippen LogP contribution in [0.3, 0.4) is 0 Å². The Morgan fingerprint density at radius 1 is 1.15 bits per heavy atom. The van der Waals surface area contributed by atoms with E-state index >= 15 is 0 Å². The lowest BCUT2D eigenvalue weighted by molar-refractivity contribution is -0.125. The molecule has 5 nitrogen and oxygen atoms in total. The number of anilines is 1. The van der Waals surface area contributed by atoms with Crippen LogP contribution in [0, 0.1) is 17.7 Å². The number of carbonyl (C=O) groups is 1. The number of hydrogen-bond acceptors (Lipinski definition) is 4. The van der Waals surface area contributed by atoms with Gasteiger partial charge in [0.15, 0.2) is 5.82 Å². The molecule has 1 aromatic heterocycles. The molecule has 2 heterocycles. The molecule has 3 rings (SSSR count). The molecule has 6 heteroatoms. The molecule has 1 N–H and O–H groups in total. The second-order valence-electron chi connectivity index (χ2n) is 7.52. The molecule has 0 spiro atoms. The second kappa shape index (κ2) is 8.93. The molecular formula is C21H27FN4O. The molecule has 2 aromatic rings. The summed E-state index contributed by atoms with van der Waals surface area (Å²) in [7, 11) is 0. The van der Waals surface area contributed by atoms with Gasteiger partial charge < -0.3 is 10.2 Å². The molecule has 1 fully saturated rings. The zero-order valence-electron chi connectivity index (χ0n) is 16.0. The lowest BCUT2D eigenvalue weighted by Gasteiger charge is -2.31. The maximum Gasteiger partial charge on any atom is 0.223 e. The first-order chi connectivity index (χ1) is 13.0. The van der Waals surface area contributed by atoms with Crippen LogP contribution in [0.15, 0.2) is 36.4 Å². The average molecular weight is 370 g/mol. The molecule has 0 aliphatic carbocycles.